The number of amides is 1. The molecule has 0 aromatic rings. The Morgan fingerprint density at radius 3 is 1.81 bits per heavy atom. The van der Waals surface area contributed by atoms with Gasteiger partial charge in [0.15, 0.2) is 0 Å². The van der Waals surface area contributed by atoms with Gasteiger partial charge in [-0.3, -0.25) is 9.35 Å². The minimum Gasteiger partial charge on any atom is -0.354 e. The summed E-state index contributed by atoms with van der Waals surface area (Å²) in [7, 11) is -6.45. The number of halogens is 5. The van der Waals surface area contributed by atoms with Crippen molar-refractivity contribution in [2.75, 3.05) is 6.54 Å². The lowest BCUT2D eigenvalue weighted by atomic mass is 9.49. The Hall–Kier alpha value is -0.970. The van der Waals surface area contributed by atoms with Crippen LogP contribution in [0.15, 0.2) is 0 Å². The number of carbonyl (C=O) groups is 1. The third-order valence-electron chi connectivity index (χ3n) is 6.26. The van der Waals surface area contributed by atoms with Gasteiger partial charge in [0.2, 0.25) is 0 Å². The van der Waals surface area contributed by atoms with Crippen molar-refractivity contribution in [1.29, 1.82) is 0 Å². The van der Waals surface area contributed by atoms with Crippen molar-refractivity contribution < 1.29 is 39.7 Å². The molecule has 4 bridgehead atoms. The van der Waals surface area contributed by atoms with E-state index in [4.69, 9.17) is 4.55 Å². The lowest BCUT2D eigenvalue weighted by molar-refractivity contribution is -0.197. The number of alkyl halides is 5. The maximum Gasteiger partial charge on any atom is 0.425 e. The third kappa shape index (κ3) is 2.90. The quantitative estimate of drug-likeness (QED) is 0.544. The highest BCUT2D eigenvalue weighted by Crippen LogP contribution is 2.59. The van der Waals surface area contributed by atoms with E-state index < -0.39 is 38.8 Å². The molecule has 4 saturated carbocycles. The highest BCUT2D eigenvalue weighted by molar-refractivity contribution is 7.88. The molecule has 1 atom stereocenters. The molecule has 11 heteroatoms. The van der Waals surface area contributed by atoms with Crippen molar-refractivity contribution in [1.82, 2.24) is 5.32 Å². The van der Waals surface area contributed by atoms with E-state index in [1.807, 2.05) is 0 Å². The van der Waals surface area contributed by atoms with Crippen LogP contribution in [0.2, 0.25) is 0 Å². The standard InChI is InChI=1S/C15H20F5NO4S/c16-11(17)14(15(18,19)20,26(23,24)25)12(22)21-7-13-4-8-1-9(5-13)3-10(2-8)6-13/h8-11H,1-7H2,(H,21,22)(H,23,24,25). The SMILES string of the molecule is O=C(NCC12CC3CC(CC(C3)C1)C2)C(C(F)F)(C(F)(F)F)S(=O)(=O)O. The van der Waals surface area contributed by atoms with Crippen molar-refractivity contribution in [2.24, 2.45) is 23.2 Å². The Balaban J connectivity index is 1.83. The van der Waals surface area contributed by atoms with Gasteiger partial charge in [-0.05, 0) is 61.7 Å². The normalized spacial score (nSPS) is 36.2. The zero-order valence-electron chi connectivity index (χ0n) is 13.7. The van der Waals surface area contributed by atoms with Crippen LogP contribution in [0.4, 0.5) is 22.0 Å². The van der Waals surface area contributed by atoms with Gasteiger partial charge in [-0.15, -0.1) is 0 Å². The molecule has 4 rings (SSSR count). The predicted octanol–water partition coefficient (Wildman–Crippen LogP) is 2.77. The van der Waals surface area contributed by atoms with E-state index in [9.17, 15) is 35.2 Å². The molecular weight excluding hydrogens is 385 g/mol. The maximum absolute atomic E-state index is 13.2. The second-order valence-corrected chi connectivity index (χ2v) is 9.70. The van der Waals surface area contributed by atoms with Gasteiger partial charge in [-0.2, -0.15) is 21.6 Å². The molecule has 4 aliphatic carbocycles. The zero-order chi connectivity index (χ0) is 19.5. The van der Waals surface area contributed by atoms with Crippen LogP contribution in [0, 0.1) is 23.2 Å². The van der Waals surface area contributed by atoms with Gasteiger partial charge in [0.05, 0.1) is 0 Å². The lowest BCUT2D eigenvalue weighted by Gasteiger charge is -2.57. The molecule has 1 amide bonds. The summed E-state index contributed by atoms with van der Waals surface area (Å²) >= 11 is 0. The Morgan fingerprint density at radius 2 is 1.50 bits per heavy atom. The molecule has 5 nitrogen and oxygen atoms in total. The van der Waals surface area contributed by atoms with Crippen LogP contribution in [0.3, 0.4) is 0 Å². The molecule has 0 aliphatic heterocycles. The van der Waals surface area contributed by atoms with Gasteiger partial charge in [-0.1, -0.05) is 0 Å². The number of hydrogen-bond donors (Lipinski definition) is 2. The summed E-state index contributed by atoms with van der Waals surface area (Å²) < 4.78 is 92.0. The summed E-state index contributed by atoms with van der Waals surface area (Å²) in [5.41, 5.74) is -0.483. The second kappa shape index (κ2) is 6.02. The molecule has 0 heterocycles. The van der Waals surface area contributed by atoms with Gasteiger partial charge in [0, 0.05) is 6.54 Å². The third-order valence-corrected chi connectivity index (χ3v) is 7.67. The van der Waals surface area contributed by atoms with Gasteiger partial charge < -0.3 is 5.32 Å². The molecule has 4 fully saturated rings. The monoisotopic (exact) mass is 405 g/mol. The van der Waals surface area contributed by atoms with Crippen LogP contribution in [0.25, 0.3) is 0 Å². The number of carbonyl (C=O) groups excluding carboxylic acids is 1. The topological polar surface area (TPSA) is 83.5 Å². The van der Waals surface area contributed by atoms with E-state index >= 15 is 0 Å². The predicted molar refractivity (Wildman–Crippen MR) is 80.0 cm³/mol. The van der Waals surface area contributed by atoms with Gasteiger partial charge >= 0.3 is 10.9 Å². The molecule has 0 aromatic carbocycles. The first-order valence-corrected chi connectivity index (χ1v) is 9.85. The second-order valence-electron chi connectivity index (χ2n) is 8.11. The van der Waals surface area contributed by atoms with Crippen LogP contribution in [-0.2, 0) is 14.9 Å². The zero-order valence-corrected chi connectivity index (χ0v) is 14.5. The highest BCUT2D eigenvalue weighted by Gasteiger charge is 2.75. The Bertz CT molecular complexity index is 657. The summed E-state index contributed by atoms with van der Waals surface area (Å²) in [6.45, 7) is -0.296. The number of nitrogens with one attached hydrogen (secondary N) is 1. The van der Waals surface area contributed by atoms with E-state index in [1.165, 1.54) is 0 Å². The van der Waals surface area contributed by atoms with Gasteiger partial charge in [-0.25, -0.2) is 8.78 Å². The van der Waals surface area contributed by atoms with Gasteiger partial charge in [0.25, 0.3) is 22.5 Å². The van der Waals surface area contributed by atoms with Crippen LogP contribution < -0.4 is 5.32 Å². The average Bonchev–Trinajstić information content (AvgIpc) is 2.40. The fourth-order valence-corrected chi connectivity index (χ4v) is 6.46. The van der Waals surface area contributed by atoms with Gasteiger partial charge in [0.1, 0.15) is 0 Å². The largest absolute Gasteiger partial charge is 0.425 e. The van der Waals surface area contributed by atoms with Crippen LogP contribution in [-0.4, -0.2) is 42.8 Å². The lowest BCUT2D eigenvalue weighted by Crippen LogP contribution is -2.67. The first-order chi connectivity index (χ1) is 11.8. The minimum absolute atomic E-state index is 0.296. The van der Waals surface area contributed by atoms with E-state index in [-0.39, 0.29) is 6.54 Å². The van der Waals surface area contributed by atoms with E-state index in [0.29, 0.717) is 37.0 Å². The summed E-state index contributed by atoms with van der Waals surface area (Å²) in [6.07, 6.45) is -5.70. The average molecular weight is 405 g/mol. The Morgan fingerprint density at radius 1 is 1.08 bits per heavy atom. The first kappa shape index (κ1) is 19.8. The van der Waals surface area contributed by atoms with Crippen molar-refractivity contribution in [3.8, 4) is 0 Å². The fourth-order valence-electron chi connectivity index (χ4n) is 5.63. The van der Waals surface area contributed by atoms with E-state index in [1.54, 1.807) is 5.32 Å². The maximum atomic E-state index is 13.2. The molecule has 2 N–H and O–H groups in total. The molecule has 1 unspecified atom stereocenters. The molecule has 4 aliphatic rings. The van der Waals surface area contributed by atoms with E-state index in [2.05, 4.69) is 0 Å². The number of rotatable bonds is 5. The molecule has 150 valence electrons. The summed E-state index contributed by atoms with van der Waals surface area (Å²) in [5, 5.41) is 1.80. The molecular formula is C15H20F5NO4S. The summed E-state index contributed by atoms with van der Waals surface area (Å²) in [4.78, 5) is 12.0. The van der Waals surface area contributed by atoms with Crippen molar-refractivity contribution in [3.63, 3.8) is 0 Å². The summed E-state index contributed by atoms with van der Waals surface area (Å²) in [6, 6.07) is 0. The molecule has 0 spiro atoms. The smallest absolute Gasteiger partial charge is 0.354 e. The van der Waals surface area contributed by atoms with Crippen LogP contribution in [0.5, 0.6) is 0 Å². The molecule has 0 saturated heterocycles. The Kier molecular flexibility index (Phi) is 4.58. The molecule has 26 heavy (non-hydrogen) atoms. The minimum atomic E-state index is -6.45. The summed E-state index contributed by atoms with van der Waals surface area (Å²) in [5.74, 6) is -1.20. The first-order valence-electron chi connectivity index (χ1n) is 8.41. The van der Waals surface area contributed by atoms with Crippen molar-refractivity contribution in [2.45, 2.75) is 55.9 Å². The van der Waals surface area contributed by atoms with Crippen LogP contribution in [0.1, 0.15) is 38.5 Å². The fraction of sp³-hybridized carbons (Fsp3) is 0.933. The van der Waals surface area contributed by atoms with Crippen molar-refractivity contribution in [3.05, 3.63) is 0 Å². The number of hydrogen-bond acceptors (Lipinski definition) is 3. The Labute approximate surface area is 147 Å². The molecule has 0 radical (unpaired) electrons. The van der Waals surface area contributed by atoms with Crippen LogP contribution >= 0.6 is 0 Å². The molecule has 0 aromatic heterocycles. The highest BCUT2D eigenvalue weighted by atomic mass is 32.2. The van der Waals surface area contributed by atoms with E-state index in [0.717, 1.165) is 19.3 Å². The van der Waals surface area contributed by atoms with Crippen molar-refractivity contribution >= 4 is 16.0 Å².